The van der Waals surface area contributed by atoms with Gasteiger partial charge in [0.05, 0.1) is 10.6 Å². The Morgan fingerprint density at radius 3 is 2.89 bits per heavy atom. The van der Waals surface area contributed by atoms with Gasteiger partial charge in [-0.2, -0.15) is 0 Å². The Bertz CT molecular complexity index is 477. The predicted molar refractivity (Wildman–Crippen MR) is 78.7 cm³/mol. The average Bonchev–Trinajstić information content (AvgIpc) is 2.41. The average molecular weight is 301 g/mol. The molecule has 1 amide bonds. The molecule has 5 heteroatoms. The van der Waals surface area contributed by atoms with E-state index >= 15 is 0 Å². The molecule has 1 aliphatic heterocycles. The lowest BCUT2D eigenvalue weighted by Gasteiger charge is -2.34. The first kappa shape index (κ1) is 14.6. The normalized spacial score (nSPS) is 21.3. The predicted octanol–water partition coefficient (Wildman–Crippen LogP) is 3.19. The summed E-state index contributed by atoms with van der Waals surface area (Å²) < 4.78 is 0. The largest absolute Gasteiger partial charge is 0.338 e. The van der Waals surface area contributed by atoms with Gasteiger partial charge < -0.3 is 10.6 Å². The number of nitrogens with zero attached hydrogens (tertiary/aromatic N) is 1. The Morgan fingerprint density at radius 1 is 1.47 bits per heavy atom. The summed E-state index contributed by atoms with van der Waals surface area (Å²) in [7, 11) is 0. The highest BCUT2D eigenvalue weighted by molar-refractivity contribution is 6.35. The first-order chi connectivity index (χ1) is 8.99. The molecule has 1 heterocycles. The van der Waals surface area contributed by atoms with E-state index in [-0.39, 0.29) is 11.9 Å². The van der Waals surface area contributed by atoms with E-state index in [1.165, 1.54) is 0 Å². The van der Waals surface area contributed by atoms with Crippen LogP contribution in [0.25, 0.3) is 0 Å². The van der Waals surface area contributed by atoms with Gasteiger partial charge in [0.15, 0.2) is 0 Å². The van der Waals surface area contributed by atoms with Crippen molar-refractivity contribution < 1.29 is 4.79 Å². The van der Waals surface area contributed by atoms with E-state index in [2.05, 4.69) is 0 Å². The van der Waals surface area contributed by atoms with Gasteiger partial charge in [0.25, 0.3) is 5.91 Å². The zero-order chi connectivity index (χ0) is 14.0. The minimum absolute atomic E-state index is 0.0575. The van der Waals surface area contributed by atoms with E-state index in [0.717, 1.165) is 19.4 Å². The van der Waals surface area contributed by atoms with E-state index in [0.29, 0.717) is 28.1 Å². The number of rotatable bonds is 2. The molecule has 0 aliphatic carbocycles. The first-order valence-corrected chi connectivity index (χ1v) is 7.24. The molecule has 1 aliphatic rings. The molecule has 0 spiro atoms. The van der Waals surface area contributed by atoms with Crippen LogP contribution < -0.4 is 5.73 Å². The van der Waals surface area contributed by atoms with Crippen molar-refractivity contribution in [1.82, 2.24) is 4.90 Å². The Balaban J connectivity index is 2.17. The molecule has 0 unspecified atom stereocenters. The number of carbonyl (C=O) groups is 1. The maximum atomic E-state index is 12.5. The number of hydrogen-bond donors (Lipinski definition) is 1. The summed E-state index contributed by atoms with van der Waals surface area (Å²) in [6.07, 6.45) is 2.06. The van der Waals surface area contributed by atoms with Crippen LogP contribution in [-0.2, 0) is 0 Å². The van der Waals surface area contributed by atoms with Gasteiger partial charge >= 0.3 is 0 Å². The minimum Gasteiger partial charge on any atom is -0.338 e. The second kappa shape index (κ2) is 6.12. The zero-order valence-electron chi connectivity index (χ0n) is 10.9. The molecule has 0 saturated carbocycles. The molecule has 1 fully saturated rings. The summed E-state index contributed by atoms with van der Waals surface area (Å²) in [4.78, 5) is 14.3. The van der Waals surface area contributed by atoms with Gasteiger partial charge in [-0.15, -0.1) is 0 Å². The molecule has 1 aromatic carbocycles. The minimum atomic E-state index is -0.0575. The van der Waals surface area contributed by atoms with Crippen LogP contribution in [0.1, 0.15) is 30.1 Å². The number of hydrogen-bond acceptors (Lipinski definition) is 2. The molecule has 1 aromatic rings. The molecular weight excluding hydrogens is 283 g/mol. The second-order valence-corrected chi connectivity index (χ2v) is 5.98. The number of amides is 1. The van der Waals surface area contributed by atoms with Crippen LogP contribution in [0.4, 0.5) is 0 Å². The van der Waals surface area contributed by atoms with Crippen molar-refractivity contribution in [1.29, 1.82) is 0 Å². The van der Waals surface area contributed by atoms with Gasteiger partial charge in [0.2, 0.25) is 0 Å². The lowest BCUT2D eigenvalue weighted by Crippen LogP contribution is -2.45. The lowest BCUT2D eigenvalue weighted by atomic mass is 9.92. The summed E-state index contributed by atoms with van der Waals surface area (Å²) in [6.45, 7) is 3.44. The van der Waals surface area contributed by atoms with E-state index < -0.39 is 0 Å². The maximum absolute atomic E-state index is 12.5. The third kappa shape index (κ3) is 3.41. The summed E-state index contributed by atoms with van der Waals surface area (Å²) >= 11 is 12.0. The van der Waals surface area contributed by atoms with Gasteiger partial charge in [-0.3, -0.25) is 4.79 Å². The van der Waals surface area contributed by atoms with Crippen molar-refractivity contribution in [2.75, 3.05) is 13.1 Å². The maximum Gasteiger partial charge on any atom is 0.255 e. The number of carbonyl (C=O) groups excluding carboxylic acids is 1. The Labute approximate surface area is 123 Å². The lowest BCUT2D eigenvalue weighted by molar-refractivity contribution is 0.0661. The van der Waals surface area contributed by atoms with Crippen molar-refractivity contribution in [3.63, 3.8) is 0 Å². The highest BCUT2D eigenvalue weighted by Gasteiger charge is 2.27. The molecule has 2 N–H and O–H groups in total. The Morgan fingerprint density at radius 2 is 2.21 bits per heavy atom. The van der Waals surface area contributed by atoms with Crippen molar-refractivity contribution in [3.05, 3.63) is 33.8 Å². The third-order valence-corrected chi connectivity index (χ3v) is 4.21. The van der Waals surface area contributed by atoms with Crippen molar-refractivity contribution in [3.8, 4) is 0 Å². The quantitative estimate of drug-likeness (QED) is 0.912. The second-order valence-electron chi connectivity index (χ2n) is 5.14. The van der Waals surface area contributed by atoms with Crippen LogP contribution in [0, 0.1) is 5.92 Å². The molecule has 19 heavy (non-hydrogen) atoms. The van der Waals surface area contributed by atoms with Crippen LogP contribution in [-0.4, -0.2) is 29.9 Å². The van der Waals surface area contributed by atoms with E-state index in [4.69, 9.17) is 28.9 Å². The summed E-state index contributed by atoms with van der Waals surface area (Å²) in [5.41, 5.74) is 6.41. The molecule has 2 rings (SSSR count). The SMILES string of the molecule is C[C@@H](N)[C@H]1CCCN(C(=O)c2cc(Cl)ccc2Cl)C1. The molecule has 3 nitrogen and oxygen atoms in total. The fraction of sp³-hybridized carbons (Fsp3) is 0.500. The number of likely N-dealkylation sites (tertiary alicyclic amines) is 1. The van der Waals surface area contributed by atoms with Gasteiger partial charge in [0, 0.05) is 24.2 Å². The van der Waals surface area contributed by atoms with Crippen molar-refractivity contribution >= 4 is 29.1 Å². The van der Waals surface area contributed by atoms with Gasteiger partial charge in [-0.05, 0) is 43.9 Å². The van der Waals surface area contributed by atoms with E-state index in [1.54, 1.807) is 18.2 Å². The number of piperidine rings is 1. The zero-order valence-corrected chi connectivity index (χ0v) is 12.4. The fourth-order valence-electron chi connectivity index (χ4n) is 2.46. The first-order valence-electron chi connectivity index (χ1n) is 6.49. The fourth-order valence-corrected chi connectivity index (χ4v) is 2.83. The smallest absolute Gasteiger partial charge is 0.255 e. The van der Waals surface area contributed by atoms with Crippen LogP contribution >= 0.6 is 23.2 Å². The number of nitrogens with two attached hydrogens (primary N) is 1. The summed E-state index contributed by atoms with van der Waals surface area (Å²) in [5.74, 6) is 0.300. The third-order valence-electron chi connectivity index (χ3n) is 3.65. The topological polar surface area (TPSA) is 46.3 Å². The Hall–Kier alpha value is -0.770. The molecular formula is C14H18Cl2N2O. The highest BCUT2D eigenvalue weighted by Crippen LogP contribution is 2.25. The molecule has 0 bridgehead atoms. The van der Waals surface area contributed by atoms with Gasteiger partial charge in [0.1, 0.15) is 0 Å². The van der Waals surface area contributed by atoms with Crippen molar-refractivity contribution in [2.45, 2.75) is 25.8 Å². The monoisotopic (exact) mass is 300 g/mol. The van der Waals surface area contributed by atoms with Crippen LogP contribution in [0.2, 0.25) is 10.0 Å². The van der Waals surface area contributed by atoms with Gasteiger partial charge in [-0.25, -0.2) is 0 Å². The molecule has 1 saturated heterocycles. The van der Waals surface area contributed by atoms with Crippen LogP contribution in [0.3, 0.4) is 0 Å². The number of halogens is 2. The van der Waals surface area contributed by atoms with Crippen LogP contribution in [0.15, 0.2) is 18.2 Å². The number of benzene rings is 1. The van der Waals surface area contributed by atoms with Gasteiger partial charge in [-0.1, -0.05) is 23.2 Å². The summed E-state index contributed by atoms with van der Waals surface area (Å²) in [6, 6.07) is 5.07. The van der Waals surface area contributed by atoms with Crippen LogP contribution in [0.5, 0.6) is 0 Å². The van der Waals surface area contributed by atoms with E-state index in [1.807, 2.05) is 11.8 Å². The Kier molecular flexibility index (Phi) is 4.71. The molecule has 0 radical (unpaired) electrons. The standard InChI is InChI=1S/C14H18Cl2N2O/c1-9(17)10-3-2-6-18(8-10)14(19)12-7-11(15)4-5-13(12)16/h4-5,7,9-10H,2-3,6,8,17H2,1H3/t9-,10+/m1/s1. The highest BCUT2D eigenvalue weighted by atomic mass is 35.5. The molecule has 104 valence electrons. The molecule has 2 atom stereocenters. The van der Waals surface area contributed by atoms with E-state index in [9.17, 15) is 4.79 Å². The molecule has 0 aromatic heterocycles. The summed E-state index contributed by atoms with van der Waals surface area (Å²) in [5, 5.41) is 0.964. The van der Waals surface area contributed by atoms with Crippen molar-refractivity contribution in [2.24, 2.45) is 11.7 Å².